The molecule has 21 heavy (non-hydrogen) atoms. The van der Waals surface area contributed by atoms with Crippen LogP contribution in [0.5, 0.6) is 0 Å². The first-order valence-electron chi connectivity index (χ1n) is 7.33. The molecule has 0 heterocycles. The number of hydrogen-bond acceptors (Lipinski definition) is 3. The average molecular weight is 290 g/mol. The molecule has 0 aromatic heterocycles. The van der Waals surface area contributed by atoms with Gasteiger partial charge in [-0.05, 0) is 56.4 Å². The zero-order valence-electron chi connectivity index (χ0n) is 12.6. The van der Waals surface area contributed by atoms with Crippen LogP contribution in [0, 0.1) is 0 Å². The van der Waals surface area contributed by atoms with Crippen LogP contribution < -0.4 is 5.32 Å². The van der Waals surface area contributed by atoms with Gasteiger partial charge in [0.15, 0.2) is 0 Å². The molecule has 114 valence electrons. The van der Waals surface area contributed by atoms with Gasteiger partial charge in [-0.1, -0.05) is 6.07 Å². The maximum atomic E-state index is 12.1. The monoisotopic (exact) mass is 290 g/mol. The minimum Gasteiger partial charge on any atom is -0.480 e. The highest BCUT2D eigenvalue weighted by atomic mass is 16.4. The Labute approximate surface area is 125 Å². The fourth-order valence-corrected chi connectivity index (χ4v) is 2.63. The summed E-state index contributed by atoms with van der Waals surface area (Å²) in [7, 11) is 0. The van der Waals surface area contributed by atoms with Crippen LogP contribution in [0.1, 0.15) is 31.4 Å². The molecule has 0 atom stereocenters. The maximum absolute atomic E-state index is 12.1. The van der Waals surface area contributed by atoms with Gasteiger partial charge in [-0.15, -0.1) is 0 Å². The lowest BCUT2D eigenvalue weighted by Gasteiger charge is -2.23. The molecule has 0 spiro atoms. The van der Waals surface area contributed by atoms with E-state index in [0.717, 1.165) is 18.5 Å². The highest BCUT2D eigenvalue weighted by Crippen LogP contribution is 2.24. The highest BCUT2D eigenvalue weighted by Gasteiger charge is 2.17. The summed E-state index contributed by atoms with van der Waals surface area (Å²) in [4.78, 5) is 24.5. The SMILES string of the molecule is CC(C)N(CC(=O)O)CC(=O)Nc1ccc2c(c1)CCC2. The molecule has 0 saturated carbocycles. The average Bonchev–Trinajstić information content (AvgIpc) is 2.84. The van der Waals surface area contributed by atoms with Gasteiger partial charge in [0.25, 0.3) is 0 Å². The van der Waals surface area contributed by atoms with Crippen molar-refractivity contribution in [2.75, 3.05) is 18.4 Å². The van der Waals surface area contributed by atoms with Crippen molar-refractivity contribution in [2.24, 2.45) is 0 Å². The zero-order chi connectivity index (χ0) is 15.4. The van der Waals surface area contributed by atoms with Gasteiger partial charge in [0.2, 0.25) is 5.91 Å². The second-order valence-corrected chi connectivity index (χ2v) is 5.78. The highest BCUT2D eigenvalue weighted by molar-refractivity contribution is 5.92. The Kier molecular flexibility index (Phi) is 4.96. The van der Waals surface area contributed by atoms with E-state index in [4.69, 9.17) is 5.11 Å². The molecule has 1 aliphatic rings. The lowest BCUT2D eigenvalue weighted by molar-refractivity contribution is -0.139. The number of benzene rings is 1. The van der Waals surface area contributed by atoms with Crippen molar-refractivity contribution in [3.8, 4) is 0 Å². The predicted octanol–water partition coefficient (Wildman–Crippen LogP) is 1.91. The van der Waals surface area contributed by atoms with Crippen LogP contribution in [0.15, 0.2) is 18.2 Å². The molecule has 0 fully saturated rings. The van der Waals surface area contributed by atoms with Crippen molar-refractivity contribution >= 4 is 17.6 Å². The fraction of sp³-hybridized carbons (Fsp3) is 0.500. The largest absolute Gasteiger partial charge is 0.480 e. The third kappa shape index (κ3) is 4.29. The van der Waals surface area contributed by atoms with Crippen LogP contribution >= 0.6 is 0 Å². The summed E-state index contributed by atoms with van der Waals surface area (Å²) in [5.74, 6) is -1.10. The number of carboxylic acids is 1. The zero-order valence-corrected chi connectivity index (χ0v) is 12.6. The number of carbonyl (C=O) groups excluding carboxylic acids is 1. The third-order valence-corrected chi connectivity index (χ3v) is 3.80. The Hall–Kier alpha value is -1.88. The summed E-state index contributed by atoms with van der Waals surface area (Å²) in [6, 6.07) is 6.01. The minimum atomic E-state index is -0.922. The van der Waals surface area contributed by atoms with Gasteiger partial charge in [0, 0.05) is 11.7 Å². The Morgan fingerprint density at radius 1 is 1.24 bits per heavy atom. The van der Waals surface area contributed by atoms with Crippen LogP contribution in [0.3, 0.4) is 0 Å². The van der Waals surface area contributed by atoms with E-state index in [1.165, 1.54) is 17.5 Å². The Morgan fingerprint density at radius 2 is 1.95 bits per heavy atom. The van der Waals surface area contributed by atoms with E-state index in [2.05, 4.69) is 11.4 Å². The number of nitrogens with one attached hydrogen (secondary N) is 1. The molecule has 1 aromatic rings. The molecular formula is C16H22N2O3. The maximum Gasteiger partial charge on any atom is 0.317 e. The number of aryl methyl sites for hydroxylation is 2. The smallest absolute Gasteiger partial charge is 0.317 e. The molecule has 0 saturated heterocycles. The van der Waals surface area contributed by atoms with E-state index in [1.54, 1.807) is 4.90 Å². The first-order chi connectivity index (χ1) is 9.95. The van der Waals surface area contributed by atoms with Crippen molar-refractivity contribution in [3.63, 3.8) is 0 Å². The molecule has 1 aliphatic carbocycles. The van der Waals surface area contributed by atoms with Crippen molar-refractivity contribution in [1.29, 1.82) is 0 Å². The van der Waals surface area contributed by atoms with E-state index in [1.807, 2.05) is 26.0 Å². The lowest BCUT2D eigenvalue weighted by atomic mass is 10.1. The summed E-state index contributed by atoms with van der Waals surface area (Å²) in [5.41, 5.74) is 3.46. The number of carbonyl (C=O) groups is 2. The van der Waals surface area contributed by atoms with Gasteiger partial charge >= 0.3 is 5.97 Å². The number of anilines is 1. The second kappa shape index (κ2) is 6.72. The Balaban J connectivity index is 1.95. The van der Waals surface area contributed by atoms with Crippen molar-refractivity contribution in [2.45, 2.75) is 39.2 Å². The fourth-order valence-electron chi connectivity index (χ4n) is 2.63. The summed E-state index contributed by atoms with van der Waals surface area (Å²) >= 11 is 0. The van der Waals surface area contributed by atoms with Crippen molar-refractivity contribution in [3.05, 3.63) is 29.3 Å². The lowest BCUT2D eigenvalue weighted by Crippen LogP contribution is -2.41. The number of hydrogen-bond donors (Lipinski definition) is 2. The molecule has 0 bridgehead atoms. The summed E-state index contributed by atoms with van der Waals surface area (Å²) in [6.45, 7) is 3.72. The summed E-state index contributed by atoms with van der Waals surface area (Å²) in [5, 5.41) is 11.7. The molecule has 2 N–H and O–H groups in total. The predicted molar refractivity (Wildman–Crippen MR) is 81.4 cm³/mol. The van der Waals surface area contributed by atoms with Gasteiger partial charge in [-0.2, -0.15) is 0 Å². The number of amides is 1. The number of aliphatic carboxylic acids is 1. The first-order valence-corrected chi connectivity index (χ1v) is 7.33. The standard InChI is InChI=1S/C16H22N2O3/c1-11(2)18(10-16(20)21)9-15(19)17-14-7-6-12-4-3-5-13(12)8-14/h6-8,11H,3-5,9-10H2,1-2H3,(H,17,19)(H,20,21). The van der Waals surface area contributed by atoms with E-state index in [-0.39, 0.29) is 25.0 Å². The summed E-state index contributed by atoms with van der Waals surface area (Å²) < 4.78 is 0. The van der Waals surface area contributed by atoms with E-state index < -0.39 is 5.97 Å². The van der Waals surface area contributed by atoms with Crippen LogP contribution in [0.4, 0.5) is 5.69 Å². The number of carboxylic acid groups (broad SMARTS) is 1. The molecule has 0 unspecified atom stereocenters. The molecule has 1 amide bonds. The van der Waals surface area contributed by atoms with Gasteiger partial charge in [0.05, 0.1) is 13.1 Å². The molecule has 0 radical (unpaired) electrons. The number of rotatable bonds is 6. The van der Waals surface area contributed by atoms with E-state index in [9.17, 15) is 9.59 Å². The molecule has 5 nitrogen and oxygen atoms in total. The van der Waals surface area contributed by atoms with Crippen molar-refractivity contribution in [1.82, 2.24) is 4.90 Å². The van der Waals surface area contributed by atoms with Crippen LogP contribution in [-0.2, 0) is 22.4 Å². The summed E-state index contributed by atoms with van der Waals surface area (Å²) in [6.07, 6.45) is 3.35. The van der Waals surface area contributed by atoms with E-state index >= 15 is 0 Å². The van der Waals surface area contributed by atoms with Crippen LogP contribution in [-0.4, -0.2) is 41.0 Å². The minimum absolute atomic E-state index is 0.00636. The Morgan fingerprint density at radius 3 is 2.62 bits per heavy atom. The number of fused-ring (bicyclic) bond motifs is 1. The van der Waals surface area contributed by atoms with Gasteiger partial charge in [-0.25, -0.2) is 0 Å². The molecular weight excluding hydrogens is 268 g/mol. The molecule has 2 rings (SSSR count). The molecule has 0 aliphatic heterocycles. The van der Waals surface area contributed by atoms with Gasteiger partial charge in [0.1, 0.15) is 0 Å². The van der Waals surface area contributed by atoms with Crippen LogP contribution in [0.25, 0.3) is 0 Å². The first kappa shape index (κ1) is 15.5. The normalized spacial score (nSPS) is 13.5. The quantitative estimate of drug-likeness (QED) is 0.839. The van der Waals surface area contributed by atoms with Gasteiger partial charge < -0.3 is 10.4 Å². The molecule has 5 heteroatoms. The third-order valence-electron chi connectivity index (χ3n) is 3.80. The van der Waals surface area contributed by atoms with Crippen molar-refractivity contribution < 1.29 is 14.7 Å². The topological polar surface area (TPSA) is 69.6 Å². The van der Waals surface area contributed by atoms with E-state index in [0.29, 0.717) is 0 Å². The van der Waals surface area contributed by atoms with Crippen LogP contribution in [0.2, 0.25) is 0 Å². The Bertz CT molecular complexity index is 540. The molecule has 1 aromatic carbocycles. The number of nitrogens with zero attached hydrogens (tertiary/aromatic N) is 1. The van der Waals surface area contributed by atoms with Gasteiger partial charge in [-0.3, -0.25) is 14.5 Å². The second-order valence-electron chi connectivity index (χ2n) is 5.78.